The fourth-order valence-corrected chi connectivity index (χ4v) is 3.67. The van der Waals surface area contributed by atoms with Crippen LogP contribution < -0.4 is 10.1 Å². The fourth-order valence-electron chi connectivity index (χ4n) is 2.82. The molecule has 1 N–H and O–H groups in total. The number of hydrogen-bond donors (Lipinski definition) is 1. The summed E-state index contributed by atoms with van der Waals surface area (Å²) in [5.74, 6) is 0.224. The van der Waals surface area contributed by atoms with Gasteiger partial charge in [-0.2, -0.15) is 5.10 Å². The predicted octanol–water partition coefficient (Wildman–Crippen LogP) is 5.52. The molecule has 0 atom stereocenters. The van der Waals surface area contributed by atoms with E-state index in [1.807, 2.05) is 47.8 Å². The van der Waals surface area contributed by atoms with Crippen LogP contribution >= 0.6 is 22.9 Å². The topological polar surface area (TPSA) is 56.1 Å². The van der Waals surface area contributed by atoms with Gasteiger partial charge in [0.05, 0.1) is 23.4 Å². The lowest BCUT2D eigenvalue weighted by atomic mass is 10.2. The maximum Gasteiger partial charge on any atom is 0.274 e. The Labute approximate surface area is 171 Å². The average Bonchev–Trinajstić information content (AvgIpc) is 3.39. The summed E-state index contributed by atoms with van der Waals surface area (Å²) in [5.41, 5.74) is 2.45. The number of anilines is 1. The first-order valence-corrected chi connectivity index (χ1v) is 9.76. The number of nitrogens with one attached hydrogen (secondary N) is 1. The van der Waals surface area contributed by atoms with E-state index in [0.29, 0.717) is 22.2 Å². The van der Waals surface area contributed by atoms with Crippen LogP contribution in [-0.4, -0.2) is 22.8 Å². The Balaban J connectivity index is 1.76. The Kier molecular flexibility index (Phi) is 5.14. The molecule has 0 saturated carbocycles. The number of ether oxygens (including phenoxy) is 1. The van der Waals surface area contributed by atoms with Gasteiger partial charge in [0.2, 0.25) is 0 Å². The zero-order valence-electron chi connectivity index (χ0n) is 14.9. The largest absolute Gasteiger partial charge is 0.495 e. The van der Waals surface area contributed by atoms with Crippen molar-refractivity contribution in [3.63, 3.8) is 0 Å². The van der Waals surface area contributed by atoms with Crippen molar-refractivity contribution < 1.29 is 9.53 Å². The number of halogens is 1. The highest BCUT2D eigenvalue weighted by atomic mass is 35.5. The summed E-state index contributed by atoms with van der Waals surface area (Å²) in [6, 6.07) is 20.3. The molecule has 0 spiro atoms. The van der Waals surface area contributed by atoms with Gasteiger partial charge >= 0.3 is 0 Å². The Bertz CT molecular complexity index is 1110. The SMILES string of the molecule is COc1ccc(Cl)cc1NC(=O)c1cc(-c2cccs2)nn1-c1ccccc1. The number of benzene rings is 2. The third kappa shape index (κ3) is 3.65. The predicted molar refractivity (Wildman–Crippen MR) is 113 cm³/mol. The summed E-state index contributed by atoms with van der Waals surface area (Å²) in [6.45, 7) is 0. The van der Waals surface area contributed by atoms with Crippen LogP contribution in [0, 0.1) is 0 Å². The van der Waals surface area contributed by atoms with Crippen molar-refractivity contribution in [2.75, 3.05) is 12.4 Å². The lowest BCUT2D eigenvalue weighted by Gasteiger charge is -2.11. The number of aromatic nitrogens is 2. The molecule has 4 aromatic rings. The molecule has 2 aromatic heterocycles. The van der Waals surface area contributed by atoms with Gasteiger partial charge in [-0.3, -0.25) is 4.79 Å². The molecular formula is C21H16ClN3O2S. The summed E-state index contributed by atoms with van der Waals surface area (Å²) in [5, 5.41) is 10.0. The first-order chi connectivity index (χ1) is 13.7. The molecule has 0 saturated heterocycles. The van der Waals surface area contributed by atoms with Gasteiger partial charge < -0.3 is 10.1 Å². The van der Waals surface area contributed by atoms with Gasteiger partial charge in [-0.05, 0) is 47.8 Å². The number of carbonyl (C=O) groups excluding carboxylic acids is 1. The molecule has 7 heteroatoms. The number of hydrogen-bond acceptors (Lipinski definition) is 4. The number of rotatable bonds is 5. The lowest BCUT2D eigenvalue weighted by molar-refractivity contribution is 0.101. The monoisotopic (exact) mass is 409 g/mol. The second kappa shape index (κ2) is 7.88. The quantitative estimate of drug-likeness (QED) is 0.472. The van der Waals surface area contributed by atoms with Crippen molar-refractivity contribution in [3.8, 4) is 22.0 Å². The number of carbonyl (C=O) groups is 1. The van der Waals surface area contributed by atoms with E-state index in [0.717, 1.165) is 16.3 Å². The van der Waals surface area contributed by atoms with Gasteiger partial charge in [-0.1, -0.05) is 35.9 Å². The third-order valence-electron chi connectivity index (χ3n) is 4.13. The Morgan fingerprint density at radius 2 is 1.93 bits per heavy atom. The number of para-hydroxylation sites is 1. The van der Waals surface area contributed by atoms with Gasteiger partial charge in [0.15, 0.2) is 0 Å². The summed E-state index contributed by atoms with van der Waals surface area (Å²) in [6.07, 6.45) is 0. The molecule has 2 heterocycles. The molecule has 0 aliphatic carbocycles. The minimum atomic E-state index is -0.306. The molecule has 0 fully saturated rings. The van der Waals surface area contributed by atoms with Crippen LogP contribution in [0.15, 0.2) is 72.1 Å². The standard InChI is InChI=1S/C21H16ClN3O2S/c1-27-19-10-9-14(22)12-16(19)23-21(26)18-13-17(20-8-5-11-28-20)24-25(18)15-6-3-2-4-7-15/h2-13H,1H3,(H,23,26). The van der Waals surface area contributed by atoms with Crippen LogP contribution in [-0.2, 0) is 0 Å². The molecule has 0 unspecified atom stereocenters. The minimum absolute atomic E-state index is 0.306. The molecule has 0 aliphatic rings. The highest BCUT2D eigenvalue weighted by molar-refractivity contribution is 7.13. The van der Waals surface area contributed by atoms with Gasteiger partial charge in [-0.25, -0.2) is 4.68 Å². The van der Waals surface area contributed by atoms with Gasteiger partial charge in [-0.15, -0.1) is 11.3 Å². The lowest BCUT2D eigenvalue weighted by Crippen LogP contribution is -2.17. The van der Waals surface area contributed by atoms with Crippen molar-refractivity contribution in [2.24, 2.45) is 0 Å². The van der Waals surface area contributed by atoms with Crippen LogP contribution in [0.5, 0.6) is 5.75 Å². The van der Waals surface area contributed by atoms with Crippen LogP contribution in [0.4, 0.5) is 5.69 Å². The smallest absolute Gasteiger partial charge is 0.274 e. The Morgan fingerprint density at radius 1 is 1.11 bits per heavy atom. The van der Waals surface area contributed by atoms with E-state index >= 15 is 0 Å². The van der Waals surface area contributed by atoms with E-state index < -0.39 is 0 Å². The van der Waals surface area contributed by atoms with Crippen LogP contribution in [0.25, 0.3) is 16.3 Å². The Hall–Kier alpha value is -3.09. The van der Waals surface area contributed by atoms with E-state index in [2.05, 4.69) is 10.4 Å². The molecular weight excluding hydrogens is 394 g/mol. The molecule has 4 rings (SSSR count). The zero-order valence-corrected chi connectivity index (χ0v) is 16.5. The van der Waals surface area contributed by atoms with Crippen molar-refractivity contribution in [1.82, 2.24) is 9.78 Å². The highest BCUT2D eigenvalue weighted by Gasteiger charge is 2.19. The van der Waals surface area contributed by atoms with Gasteiger partial charge in [0.1, 0.15) is 17.1 Å². The number of amides is 1. The zero-order chi connectivity index (χ0) is 19.5. The van der Waals surface area contributed by atoms with Crippen molar-refractivity contribution >= 4 is 34.5 Å². The molecule has 0 bridgehead atoms. The molecule has 1 amide bonds. The Morgan fingerprint density at radius 3 is 2.64 bits per heavy atom. The van der Waals surface area contributed by atoms with Crippen molar-refractivity contribution in [3.05, 3.63) is 82.8 Å². The summed E-state index contributed by atoms with van der Waals surface area (Å²) < 4.78 is 6.96. The molecule has 5 nitrogen and oxygen atoms in total. The molecule has 0 aliphatic heterocycles. The van der Waals surface area contributed by atoms with Gasteiger partial charge in [0.25, 0.3) is 5.91 Å². The van der Waals surface area contributed by atoms with Crippen molar-refractivity contribution in [1.29, 1.82) is 0 Å². The maximum atomic E-state index is 13.1. The number of thiophene rings is 1. The highest BCUT2D eigenvalue weighted by Crippen LogP contribution is 2.30. The second-order valence-corrected chi connectivity index (χ2v) is 7.32. The summed E-state index contributed by atoms with van der Waals surface area (Å²) in [7, 11) is 1.54. The maximum absolute atomic E-state index is 13.1. The molecule has 2 aromatic carbocycles. The van der Waals surface area contributed by atoms with E-state index in [4.69, 9.17) is 16.3 Å². The molecule has 0 radical (unpaired) electrons. The second-order valence-electron chi connectivity index (χ2n) is 5.94. The fraction of sp³-hybridized carbons (Fsp3) is 0.0476. The molecule has 140 valence electrons. The van der Waals surface area contributed by atoms with Crippen LogP contribution in [0.1, 0.15) is 10.5 Å². The van der Waals surface area contributed by atoms with Crippen molar-refractivity contribution in [2.45, 2.75) is 0 Å². The number of methoxy groups -OCH3 is 1. The van der Waals surface area contributed by atoms with E-state index in [1.54, 1.807) is 47.4 Å². The average molecular weight is 410 g/mol. The van der Waals surface area contributed by atoms with E-state index in [1.165, 1.54) is 0 Å². The van der Waals surface area contributed by atoms with Crippen LogP contribution in [0.2, 0.25) is 5.02 Å². The normalized spacial score (nSPS) is 10.6. The van der Waals surface area contributed by atoms with E-state index in [9.17, 15) is 4.79 Å². The minimum Gasteiger partial charge on any atom is -0.495 e. The molecule has 28 heavy (non-hydrogen) atoms. The van der Waals surface area contributed by atoms with E-state index in [-0.39, 0.29) is 5.91 Å². The first kappa shape index (κ1) is 18.3. The summed E-state index contributed by atoms with van der Waals surface area (Å²) >= 11 is 7.65. The number of nitrogens with zero attached hydrogens (tertiary/aromatic N) is 2. The first-order valence-electron chi connectivity index (χ1n) is 8.50. The van der Waals surface area contributed by atoms with Gasteiger partial charge in [0, 0.05) is 5.02 Å². The third-order valence-corrected chi connectivity index (χ3v) is 5.25. The summed E-state index contributed by atoms with van der Waals surface area (Å²) in [4.78, 5) is 14.1. The van der Waals surface area contributed by atoms with Crippen LogP contribution in [0.3, 0.4) is 0 Å².